The third-order valence-electron chi connectivity index (χ3n) is 5.52. The lowest BCUT2D eigenvalue weighted by Crippen LogP contribution is -2.39. The van der Waals surface area contributed by atoms with E-state index in [0.717, 1.165) is 28.8 Å². The highest BCUT2D eigenvalue weighted by molar-refractivity contribution is 5.96. The van der Waals surface area contributed by atoms with Crippen molar-refractivity contribution in [3.63, 3.8) is 0 Å². The lowest BCUT2D eigenvalue weighted by molar-refractivity contribution is -0.140. The molecule has 0 aliphatic carbocycles. The Bertz CT molecular complexity index is 1030. The molecule has 0 N–H and O–H groups in total. The number of nitriles is 1. The molecule has 0 bridgehead atoms. The van der Waals surface area contributed by atoms with E-state index in [0.29, 0.717) is 24.1 Å². The van der Waals surface area contributed by atoms with Gasteiger partial charge in [-0.05, 0) is 43.5 Å². The number of hydrogen-bond donors (Lipinski definition) is 0. The first-order valence-electron chi connectivity index (χ1n) is 10.7. The van der Waals surface area contributed by atoms with Crippen LogP contribution in [0, 0.1) is 18.3 Å². The lowest BCUT2D eigenvalue weighted by atomic mass is 9.82. The van der Waals surface area contributed by atoms with E-state index in [9.17, 15) is 14.9 Å². The maximum atomic E-state index is 13.3. The minimum absolute atomic E-state index is 0.0237. The van der Waals surface area contributed by atoms with Crippen molar-refractivity contribution in [2.24, 2.45) is 0 Å². The fraction of sp³-hybridized carbons (Fsp3) is 0.346. The zero-order valence-electron chi connectivity index (χ0n) is 18.4. The molecule has 0 spiro atoms. The second kappa shape index (κ2) is 10.1. The molecule has 2 aromatic carbocycles. The number of benzene rings is 2. The molecule has 0 saturated carbocycles. The van der Waals surface area contributed by atoms with Gasteiger partial charge in [-0.15, -0.1) is 0 Å². The molecule has 1 aliphatic rings. The molecular formula is C26H28N2O3. The zero-order chi connectivity index (χ0) is 22.4. The molecule has 5 nitrogen and oxygen atoms in total. The molecule has 5 heteroatoms. The molecule has 160 valence electrons. The van der Waals surface area contributed by atoms with Crippen LogP contribution in [0.3, 0.4) is 0 Å². The average molecular weight is 417 g/mol. The van der Waals surface area contributed by atoms with Gasteiger partial charge in [0.15, 0.2) is 0 Å². The van der Waals surface area contributed by atoms with E-state index in [-0.39, 0.29) is 30.8 Å². The van der Waals surface area contributed by atoms with Crippen molar-refractivity contribution in [3.05, 3.63) is 82.1 Å². The summed E-state index contributed by atoms with van der Waals surface area (Å²) in [5, 5.41) is 9.21. The lowest BCUT2D eigenvalue weighted by Gasteiger charge is -2.36. The quantitative estimate of drug-likeness (QED) is 0.596. The Labute approximate surface area is 183 Å². The topological polar surface area (TPSA) is 70.4 Å². The Morgan fingerprint density at radius 1 is 1.19 bits per heavy atom. The van der Waals surface area contributed by atoms with Crippen LogP contribution in [0.4, 0.5) is 0 Å². The van der Waals surface area contributed by atoms with Crippen LogP contribution in [0.15, 0.2) is 59.8 Å². The second-order valence-corrected chi connectivity index (χ2v) is 7.79. The third kappa shape index (κ3) is 5.03. The van der Waals surface area contributed by atoms with Crippen molar-refractivity contribution in [3.8, 4) is 6.07 Å². The maximum Gasteiger partial charge on any atom is 0.336 e. The van der Waals surface area contributed by atoms with Crippen LogP contribution in [0.2, 0.25) is 0 Å². The Kier molecular flexibility index (Phi) is 7.25. The highest BCUT2D eigenvalue weighted by atomic mass is 16.5. The average Bonchev–Trinajstić information content (AvgIpc) is 2.77. The van der Waals surface area contributed by atoms with E-state index in [1.165, 1.54) is 0 Å². The van der Waals surface area contributed by atoms with Crippen LogP contribution >= 0.6 is 0 Å². The normalized spacial score (nSPS) is 16.3. The van der Waals surface area contributed by atoms with Gasteiger partial charge in [0, 0.05) is 18.0 Å². The summed E-state index contributed by atoms with van der Waals surface area (Å²) >= 11 is 0. The minimum atomic E-state index is -0.361. The van der Waals surface area contributed by atoms with Gasteiger partial charge in [0.2, 0.25) is 5.91 Å². The predicted octanol–water partition coefficient (Wildman–Crippen LogP) is 5.00. The molecule has 3 rings (SSSR count). The molecule has 1 aliphatic heterocycles. The fourth-order valence-electron chi connectivity index (χ4n) is 4.05. The van der Waals surface area contributed by atoms with E-state index in [4.69, 9.17) is 4.74 Å². The van der Waals surface area contributed by atoms with Crippen molar-refractivity contribution in [1.29, 1.82) is 5.26 Å². The van der Waals surface area contributed by atoms with Crippen LogP contribution in [-0.2, 0) is 20.9 Å². The van der Waals surface area contributed by atoms with Crippen LogP contribution < -0.4 is 0 Å². The number of carbonyl (C=O) groups is 2. The maximum absolute atomic E-state index is 13.3. The van der Waals surface area contributed by atoms with Crippen molar-refractivity contribution >= 4 is 11.9 Å². The number of rotatable bonds is 7. The molecule has 0 aromatic heterocycles. The van der Waals surface area contributed by atoms with E-state index >= 15 is 0 Å². The van der Waals surface area contributed by atoms with Crippen molar-refractivity contribution < 1.29 is 14.3 Å². The Morgan fingerprint density at radius 2 is 1.94 bits per heavy atom. The van der Waals surface area contributed by atoms with Crippen LogP contribution in [-0.4, -0.2) is 23.4 Å². The predicted molar refractivity (Wildman–Crippen MR) is 119 cm³/mol. The van der Waals surface area contributed by atoms with Gasteiger partial charge in [-0.1, -0.05) is 55.3 Å². The summed E-state index contributed by atoms with van der Waals surface area (Å²) in [5.74, 6) is -0.709. The Morgan fingerprint density at radius 3 is 2.58 bits per heavy atom. The first-order valence-corrected chi connectivity index (χ1v) is 10.7. The van der Waals surface area contributed by atoms with E-state index < -0.39 is 0 Å². The largest absolute Gasteiger partial charge is 0.463 e. The van der Waals surface area contributed by atoms with Gasteiger partial charge >= 0.3 is 5.97 Å². The standard InChI is InChI=1S/C26H28N2O3/c1-4-7-23-25(26(30)31-5-2)22(21-12-10-18(3)11-13-21)15-24(29)28(23)17-20-9-6-8-19(14-20)16-27/h6,8-14,22H,4-5,7,15,17H2,1-3H3/t22-/m0/s1. The zero-order valence-corrected chi connectivity index (χ0v) is 18.4. The highest BCUT2D eigenvalue weighted by Crippen LogP contribution is 2.39. The first kappa shape index (κ1) is 22.3. The van der Waals surface area contributed by atoms with Gasteiger partial charge in [0.25, 0.3) is 0 Å². The summed E-state index contributed by atoms with van der Waals surface area (Å²) < 4.78 is 5.43. The number of aryl methyl sites for hydroxylation is 1. The van der Waals surface area contributed by atoms with Gasteiger partial charge < -0.3 is 9.64 Å². The number of ether oxygens (including phenoxy) is 1. The summed E-state index contributed by atoms with van der Waals surface area (Å²) in [5.41, 5.74) is 4.78. The van der Waals surface area contributed by atoms with E-state index in [1.807, 2.05) is 50.2 Å². The van der Waals surface area contributed by atoms with Crippen LogP contribution in [0.1, 0.15) is 61.3 Å². The van der Waals surface area contributed by atoms with E-state index in [1.54, 1.807) is 24.0 Å². The molecule has 0 unspecified atom stereocenters. The Hall–Kier alpha value is -3.39. The summed E-state index contributed by atoms with van der Waals surface area (Å²) in [7, 11) is 0. The smallest absolute Gasteiger partial charge is 0.336 e. The second-order valence-electron chi connectivity index (χ2n) is 7.79. The number of allylic oxidation sites excluding steroid dienone is 1. The molecule has 1 amide bonds. The van der Waals surface area contributed by atoms with Crippen molar-refractivity contribution in [1.82, 2.24) is 4.90 Å². The summed E-state index contributed by atoms with van der Waals surface area (Å²) in [4.78, 5) is 28.1. The monoisotopic (exact) mass is 416 g/mol. The number of nitrogens with zero attached hydrogens (tertiary/aromatic N) is 2. The minimum Gasteiger partial charge on any atom is -0.463 e. The van der Waals surface area contributed by atoms with E-state index in [2.05, 4.69) is 6.07 Å². The van der Waals surface area contributed by atoms with Gasteiger partial charge in [-0.3, -0.25) is 4.79 Å². The third-order valence-corrected chi connectivity index (χ3v) is 5.52. The van der Waals surface area contributed by atoms with Gasteiger partial charge in [0.05, 0.1) is 30.4 Å². The fourth-order valence-corrected chi connectivity index (χ4v) is 4.05. The molecule has 0 fully saturated rings. The SMILES string of the molecule is CCCC1=C(C(=O)OCC)[C@H](c2ccc(C)cc2)CC(=O)N1Cc1cccc(C#N)c1. The van der Waals surface area contributed by atoms with Crippen LogP contribution in [0.25, 0.3) is 0 Å². The highest BCUT2D eigenvalue weighted by Gasteiger charge is 2.38. The molecular weight excluding hydrogens is 388 g/mol. The van der Waals surface area contributed by atoms with Crippen molar-refractivity contribution in [2.45, 2.75) is 52.5 Å². The number of esters is 1. The first-order chi connectivity index (χ1) is 15.0. The molecule has 1 atom stereocenters. The molecule has 0 saturated heterocycles. The number of carbonyl (C=O) groups excluding carboxylic acids is 2. The Balaban J connectivity index is 2.10. The molecule has 1 heterocycles. The van der Waals surface area contributed by atoms with Gasteiger partial charge in [-0.25, -0.2) is 4.79 Å². The summed E-state index contributed by atoms with van der Waals surface area (Å²) in [6, 6.07) is 17.4. The van der Waals surface area contributed by atoms with Crippen LogP contribution in [0.5, 0.6) is 0 Å². The summed E-state index contributed by atoms with van der Waals surface area (Å²) in [6.45, 7) is 6.44. The van der Waals surface area contributed by atoms with Crippen molar-refractivity contribution in [2.75, 3.05) is 6.61 Å². The number of hydrogen-bond acceptors (Lipinski definition) is 4. The molecule has 31 heavy (non-hydrogen) atoms. The number of amides is 1. The molecule has 2 aromatic rings. The molecule has 0 radical (unpaired) electrons. The summed E-state index contributed by atoms with van der Waals surface area (Å²) in [6.07, 6.45) is 1.60. The van der Waals surface area contributed by atoms with Gasteiger partial charge in [-0.2, -0.15) is 5.26 Å². The van der Waals surface area contributed by atoms with Gasteiger partial charge in [0.1, 0.15) is 0 Å².